The Labute approximate surface area is 152 Å². The van der Waals surface area contributed by atoms with Gasteiger partial charge in [0.1, 0.15) is 0 Å². The number of hydrogen-bond acceptors (Lipinski definition) is 2. The molecule has 4 nitrogen and oxygen atoms in total. The van der Waals surface area contributed by atoms with Crippen LogP contribution in [0.2, 0.25) is 10.0 Å². The van der Waals surface area contributed by atoms with Crippen molar-refractivity contribution in [3.05, 3.63) is 64.1 Å². The molecule has 1 aliphatic rings. The predicted molar refractivity (Wildman–Crippen MR) is 98.9 cm³/mol. The van der Waals surface area contributed by atoms with Gasteiger partial charge in [-0.2, -0.15) is 0 Å². The van der Waals surface area contributed by atoms with Gasteiger partial charge in [-0.1, -0.05) is 47.5 Å². The number of urea groups is 1. The van der Waals surface area contributed by atoms with Crippen LogP contribution in [0.5, 0.6) is 0 Å². The molecule has 2 amide bonds. The molecule has 6 heteroatoms. The van der Waals surface area contributed by atoms with Crippen molar-refractivity contribution in [2.24, 2.45) is 0 Å². The molecule has 0 aliphatic carbocycles. The van der Waals surface area contributed by atoms with Crippen LogP contribution in [-0.4, -0.2) is 37.1 Å². The SMILES string of the molecule is O=C(NCc1ccccc1Cl)N1CCN(c2cccc(Cl)c2)CC1. The van der Waals surface area contributed by atoms with E-state index in [0.29, 0.717) is 24.7 Å². The molecule has 0 spiro atoms. The van der Waals surface area contributed by atoms with Crippen molar-refractivity contribution in [2.75, 3.05) is 31.1 Å². The molecule has 1 heterocycles. The number of anilines is 1. The Bertz CT molecular complexity index is 715. The highest BCUT2D eigenvalue weighted by Gasteiger charge is 2.21. The maximum Gasteiger partial charge on any atom is 0.317 e. The molecule has 24 heavy (non-hydrogen) atoms. The highest BCUT2D eigenvalue weighted by Crippen LogP contribution is 2.21. The smallest absolute Gasteiger partial charge is 0.317 e. The molecule has 126 valence electrons. The predicted octanol–water partition coefficient (Wildman–Crippen LogP) is 4.03. The molecule has 1 N–H and O–H groups in total. The molecule has 0 aromatic heterocycles. The van der Waals surface area contributed by atoms with Gasteiger partial charge >= 0.3 is 6.03 Å². The number of nitrogens with zero attached hydrogens (tertiary/aromatic N) is 2. The van der Waals surface area contributed by atoms with Crippen molar-refractivity contribution in [3.8, 4) is 0 Å². The number of piperazine rings is 1. The Morgan fingerprint density at radius 3 is 2.46 bits per heavy atom. The molecule has 3 rings (SSSR count). The van der Waals surface area contributed by atoms with Crippen LogP contribution in [0.15, 0.2) is 48.5 Å². The number of carbonyl (C=O) groups is 1. The zero-order valence-corrected chi connectivity index (χ0v) is 14.7. The van der Waals surface area contributed by atoms with Gasteiger partial charge in [-0.05, 0) is 29.8 Å². The summed E-state index contributed by atoms with van der Waals surface area (Å²) < 4.78 is 0. The second-order valence-corrected chi connectivity index (χ2v) is 6.55. The van der Waals surface area contributed by atoms with Crippen molar-refractivity contribution >= 4 is 34.9 Å². The summed E-state index contributed by atoms with van der Waals surface area (Å²) in [5, 5.41) is 4.34. The Hall–Kier alpha value is -1.91. The maximum absolute atomic E-state index is 12.3. The van der Waals surface area contributed by atoms with E-state index >= 15 is 0 Å². The van der Waals surface area contributed by atoms with E-state index < -0.39 is 0 Å². The number of benzene rings is 2. The molecule has 0 bridgehead atoms. The second kappa shape index (κ2) is 7.77. The molecular formula is C18H19Cl2N3O. The molecule has 0 saturated carbocycles. The van der Waals surface area contributed by atoms with Gasteiger partial charge in [-0.15, -0.1) is 0 Å². The summed E-state index contributed by atoms with van der Waals surface area (Å²) in [6.07, 6.45) is 0. The average Bonchev–Trinajstić information content (AvgIpc) is 2.61. The fourth-order valence-electron chi connectivity index (χ4n) is 2.76. The molecule has 1 aliphatic heterocycles. The third-order valence-corrected chi connectivity index (χ3v) is 4.73. The van der Waals surface area contributed by atoms with Crippen LogP contribution in [0.3, 0.4) is 0 Å². The highest BCUT2D eigenvalue weighted by atomic mass is 35.5. The third kappa shape index (κ3) is 4.13. The van der Waals surface area contributed by atoms with Gasteiger partial charge in [0.2, 0.25) is 0 Å². The van der Waals surface area contributed by atoms with Crippen LogP contribution in [-0.2, 0) is 6.54 Å². The second-order valence-electron chi connectivity index (χ2n) is 5.70. The summed E-state index contributed by atoms with van der Waals surface area (Å²) >= 11 is 12.2. The molecule has 1 fully saturated rings. The fraction of sp³-hybridized carbons (Fsp3) is 0.278. The average molecular weight is 364 g/mol. The van der Waals surface area contributed by atoms with Crippen LogP contribution in [0.1, 0.15) is 5.56 Å². The normalized spacial score (nSPS) is 14.6. The van der Waals surface area contributed by atoms with E-state index in [1.807, 2.05) is 53.4 Å². The molecule has 2 aromatic rings. The quantitative estimate of drug-likeness (QED) is 0.893. The van der Waals surface area contributed by atoms with Gasteiger partial charge in [0.05, 0.1) is 0 Å². The summed E-state index contributed by atoms with van der Waals surface area (Å²) in [6.45, 7) is 3.38. The van der Waals surface area contributed by atoms with Crippen LogP contribution in [0.25, 0.3) is 0 Å². The van der Waals surface area contributed by atoms with Gasteiger partial charge in [0.15, 0.2) is 0 Å². The first-order valence-electron chi connectivity index (χ1n) is 7.90. The minimum atomic E-state index is -0.0549. The number of carbonyl (C=O) groups excluding carboxylic acids is 1. The summed E-state index contributed by atoms with van der Waals surface area (Å²) in [5.41, 5.74) is 2.02. The zero-order chi connectivity index (χ0) is 16.9. The summed E-state index contributed by atoms with van der Waals surface area (Å²) in [5.74, 6) is 0. The van der Waals surface area contributed by atoms with Crippen LogP contribution in [0, 0.1) is 0 Å². The topological polar surface area (TPSA) is 35.6 Å². The van der Waals surface area contributed by atoms with E-state index in [9.17, 15) is 4.79 Å². The Morgan fingerprint density at radius 2 is 1.75 bits per heavy atom. The van der Waals surface area contributed by atoms with Crippen molar-refractivity contribution in [1.82, 2.24) is 10.2 Å². The zero-order valence-electron chi connectivity index (χ0n) is 13.2. The Balaban J connectivity index is 1.51. The van der Waals surface area contributed by atoms with Gasteiger partial charge in [-0.25, -0.2) is 4.79 Å². The van der Waals surface area contributed by atoms with Crippen LogP contribution in [0.4, 0.5) is 10.5 Å². The van der Waals surface area contributed by atoms with Gasteiger partial charge in [0, 0.05) is 48.5 Å². The maximum atomic E-state index is 12.3. The van der Waals surface area contributed by atoms with Gasteiger partial charge < -0.3 is 15.1 Å². The monoisotopic (exact) mass is 363 g/mol. The molecule has 0 unspecified atom stereocenters. The summed E-state index contributed by atoms with van der Waals surface area (Å²) in [4.78, 5) is 16.4. The molecule has 1 saturated heterocycles. The Morgan fingerprint density at radius 1 is 1.00 bits per heavy atom. The van der Waals surface area contributed by atoms with E-state index in [2.05, 4.69) is 10.2 Å². The van der Waals surface area contributed by atoms with E-state index in [1.54, 1.807) is 0 Å². The number of amides is 2. The fourth-order valence-corrected chi connectivity index (χ4v) is 3.15. The summed E-state index contributed by atoms with van der Waals surface area (Å²) in [7, 11) is 0. The number of hydrogen-bond donors (Lipinski definition) is 1. The number of rotatable bonds is 3. The van der Waals surface area contributed by atoms with Crippen LogP contribution >= 0.6 is 23.2 Å². The molecule has 0 radical (unpaired) electrons. The lowest BCUT2D eigenvalue weighted by atomic mass is 10.2. The number of halogens is 2. The van der Waals surface area contributed by atoms with Crippen LogP contribution < -0.4 is 10.2 Å². The molecule has 0 atom stereocenters. The van der Waals surface area contributed by atoms with Crippen molar-refractivity contribution in [2.45, 2.75) is 6.54 Å². The van der Waals surface area contributed by atoms with Gasteiger partial charge in [0.25, 0.3) is 0 Å². The minimum absolute atomic E-state index is 0.0549. The van der Waals surface area contributed by atoms with Crippen molar-refractivity contribution < 1.29 is 4.79 Å². The standard InChI is InChI=1S/C18H19Cl2N3O/c19-15-5-3-6-16(12-15)22-8-10-23(11-9-22)18(24)21-13-14-4-1-2-7-17(14)20/h1-7,12H,8-11,13H2,(H,21,24). The van der Waals surface area contributed by atoms with Crippen molar-refractivity contribution in [3.63, 3.8) is 0 Å². The van der Waals surface area contributed by atoms with E-state index in [-0.39, 0.29) is 6.03 Å². The first-order valence-corrected chi connectivity index (χ1v) is 8.66. The highest BCUT2D eigenvalue weighted by molar-refractivity contribution is 6.31. The van der Waals surface area contributed by atoms with Crippen molar-refractivity contribution in [1.29, 1.82) is 0 Å². The summed E-state index contributed by atoms with van der Waals surface area (Å²) in [6, 6.07) is 15.3. The lowest BCUT2D eigenvalue weighted by Crippen LogP contribution is -2.51. The molecule has 2 aromatic carbocycles. The van der Waals surface area contributed by atoms with Gasteiger partial charge in [-0.3, -0.25) is 0 Å². The van der Waals surface area contributed by atoms with E-state index in [0.717, 1.165) is 29.4 Å². The third-order valence-electron chi connectivity index (χ3n) is 4.13. The molecular weight excluding hydrogens is 345 g/mol. The number of nitrogens with one attached hydrogen (secondary N) is 1. The first kappa shape index (κ1) is 16.9. The minimum Gasteiger partial charge on any atom is -0.368 e. The largest absolute Gasteiger partial charge is 0.368 e. The Kier molecular flexibility index (Phi) is 5.48. The van der Waals surface area contributed by atoms with E-state index in [1.165, 1.54) is 0 Å². The van der Waals surface area contributed by atoms with E-state index in [4.69, 9.17) is 23.2 Å². The lowest BCUT2D eigenvalue weighted by molar-refractivity contribution is 0.194. The first-order chi connectivity index (χ1) is 11.6. The lowest BCUT2D eigenvalue weighted by Gasteiger charge is -2.36.